The molecule has 1 fully saturated rings. The van der Waals surface area contributed by atoms with Crippen LogP contribution < -0.4 is 10.1 Å². The van der Waals surface area contributed by atoms with E-state index in [2.05, 4.69) is 39.4 Å². The molecule has 3 aromatic rings. The Morgan fingerprint density at radius 3 is 2.68 bits per heavy atom. The van der Waals surface area contributed by atoms with Gasteiger partial charge in [0.1, 0.15) is 12.2 Å². The molecule has 8 heteroatoms. The second-order valence-corrected chi connectivity index (χ2v) is 8.57. The Kier molecular flexibility index (Phi) is 6.09. The third-order valence-electron chi connectivity index (χ3n) is 4.89. The summed E-state index contributed by atoms with van der Waals surface area (Å²) in [6, 6.07) is 17.5. The highest BCUT2D eigenvalue weighted by atomic mass is 79.9. The Morgan fingerprint density at radius 1 is 1.16 bits per heavy atom. The fourth-order valence-electron chi connectivity index (χ4n) is 3.28. The van der Waals surface area contributed by atoms with E-state index < -0.39 is 11.8 Å². The predicted molar refractivity (Wildman–Crippen MR) is 129 cm³/mol. The van der Waals surface area contributed by atoms with Crippen molar-refractivity contribution in [2.75, 3.05) is 7.05 Å². The summed E-state index contributed by atoms with van der Waals surface area (Å²) < 4.78 is 6.62. The first-order chi connectivity index (χ1) is 14.8. The van der Waals surface area contributed by atoms with Gasteiger partial charge in [0.05, 0.1) is 9.50 Å². The molecule has 0 bridgehead atoms. The van der Waals surface area contributed by atoms with Crippen molar-refractivity contribution in [2.24, 2.45) is 0 Å². The highest BCUT2D eigenvalue weighted by Crippen LogP contribution is 2.36. The first kappa shape index (κ1) is 21.5. The number of thiocarbonyl (C=S) groups is 1. The zero-order valence-electron chi connectivity index (χ0n) is 16.3. The van der Waals surface area contributed by atoms with Gasteiger partial charge in [-0.3, -0.25) is 19.8 Å². The van der Waals surface area contributed by atoms with E-state index in [0.717, 1.165) is 16.3 Å². The van der Waals surface area contributed by atoms with Gasteiger partial charge in [0.15, 0.2) is 10.9 Å². The zero-order valence-corrected chi connectivity index (χ0v) is 19.5. The van der Waals surface area contributed by atoms with E-state index >= 15 is 0 Å². The summed E-state index contributed by atoms with van der Waals surface area (Å²) in [5, 5.41) is 5.16. The van der Waals surface area contributed by atoms with Crippen LogP contribution in [0.1, 0.15) is 11.1 Å². The molecule has 0 radical (unpaired) electrons. The molecule has 0 aliphatic carbocycles. The van der Waals surface area contributed by atoms with Crippen molar-refractivity contribution in [3.63, 3.8) is 0 Å². The van der Waals surface area contributed by atoms with Gasteiger partial charge in [-0.25, -0.2) is 0 Å². The summed E-state index contributed by atoms with van der Waals surface area (Å²) >= 11 is 14.9. The molecule has 156 valence electrons. The maximum Gasteiger partial charge on any atom is 0.265 e. The molecule has 4 rings (SSSR count). The minimum absolute atomic E-state index is 0.0245. The number of halogens is 2. The van der Waals surface area contributed by atoms with Gasteiger partial charge in [-0.15, -0.1) is 0 Å². The average molecular weight is 516 g/mol. The van der Waals surface area contributed by atoms with E-state index in [0.29, 0.717) is 27.4 Å². The lowest BCUT2D eigenvalue weighted by Gasteiger charge is -2.25. The van der Waals surface area contributed by atoms with Gasteiger partial charge < -0.3 is 4.74 Å². The number of carbonyl (C=O) groups is 2. The van der Waals surface area contributed by atoms with E-state index in [4.69, 9.17) is 28.6 Å². The lowest BCUT2D eigenvalue weighted by molar-refractivity contribution is -0.128. The quantitative estimate of drug-likeness (QED) is 0.299. The van der Waals surface area contributed by atoms with Crippen molar-refractivity contribution < 1.29 is 14.3 Å². The van der Waals surface area contributed by atoms with Crippen LogP contribution in [0.4, 0.5) is 0 Å². The first-order valence-electron chi connectivity index (χ1n) is 9.28. The maximum absolute atomic E-state index is 12.4. The number of ether oxygens (including phenoxy) is 1. The number of fused-ring (bicyclic) bond motifs is 1. The Hall–Kier alpha value is -2.74. The standard InChI is InChI=1S/C23H16BrClN2O3S/c1-27-22(29)17(21(28)26-23(27)31)9-13-10-18(24)20(19(25)11-13)30-12-15-7-4-6-14-5-2-3-8-16(14)15/h2-11H,12H2,1H3,(H,26,28,31)/b17-9+. The number of benzene rings is 3. The van der Waals surface area contributed by atoms with Crippen LogP contribution in [0.15, 0.2) is 64.6 Å². The molecule has 5 nitrogen and oxygen atoms in total. The SMILES string of the molecule is CN1C(=O)/C(=C/c2cc(Cl)c(OCc3cccc4ccccc34)c(Br)c2)C(=O)NC1=S. The van der Waals surface area contributed by atoms with Gasteiger partial charge in [0, 0.05) is 7.05 Å². The van der Waals surface area contributed by atoms with Gasteiger partial charge in [0.2, 0.25) is 0 Å². The maximum atomic E-state index is 12.4. The van der Waals surface area contributed by atoms with Crippen LogP contribution in [-0.2, 0) is 16.2 Å². The van der Waals surface area contributed by atoms with Crippen molar-refractivity contribution in [1.82, 2.24) is 10.2 Å². The summed E-state index contributed by atoms with van der Waals surface area (Å²) in [6.45, 7) is 0.337. The van der Waals surface area contributed by atoms with Gasteiger partial charge in [-0.05, 0) is 68.3 Å². The van der Waals surface area contributed by atoms with E-state index in [9.17, 15) is 9.59 Å². The van der Waals surface area contributed by atoms with Crippen molar-refractivity contribution in [3.05, 3.63) is 80.8 Å². The van der Waals surface area contributed by atoms with Crippen LogP contribution in [0.3, 0.4) is 0 Å². The summed E-state index contributed by atoms with van der Waals surface area (Å²) in [5.74, 6) is -0.539. The molecular formula is C23H16BrClN2O3S. The minimum atomic E-state index is -0.545. The van der Waals surface area contributed by atoms with Crippen LogP contribution in [0, 0.1) is 0 Å². The minimum Gasteiger partial charge on any atom is -0.486 e. The Balaban J connectivity index is 1.60. The number of nitrogens with one attached hydrogen (secondary N) is 1. The molecule has 0 unspecified atom stereocenters. The van der Waals surface area contributed by atoms with Crippen LogP contribution in [0.25, 0.3) is 16.8 Å². The highest BCUT2D eigenvalue weighted by Gasteiger charge is 2.30. The molecule has 0 saturated carbocycles. The molecule has 0 spiro atoms. The topological polar surface area (TPSA) is 58.6 Å². The normalized spacial score (nSPS) is 15.5. The Bertz CT molecular complexity index is 1250. The molecule has 1 heterocycles. The molecule has 1 aliphatic rings. The number of amides is 2. The molecule has 2 amide bonds. The number of nitrogens with zero attached hydrogens (tertiary/aromatic N) is 1. The molecule has 31 heavy (non-hydrogen) atoms. The second kappa shape index (κ2) is 8.78. The summed E-state index contributed by atoms with van der Waals surface area (Å²) in [5.41, 5.74) is 1.59. The zero-order chi connectivity index (χ0) is 22.1. The van der Waals surface area contributed by atoms with Gasteiger partial charge in [0.25, 0.3) is 11.8 Å². The van der Waals surface area contributed by atoms with Crippen molar-refractivity contribution in [2.45, 2.75) is 6.61 Å². The van der Waals surface area contributed by atoms with Gasteiger partial charge in [-0.1, -0.05) is 54.1 Å². The average Bonchev–Trinajstić information content (AvgIpc) is 2.75. The van der Waals surface area contributed by atoms with E-state index in [1.54, 1.807) is 12.1 Å². The number of likely N-dealkylation sites (N-methyl/N-ethyl adjacent to an activating group) is 1. The molecule has 0 aromatic heterocycles. The Labute approximate surface area is 197 Å². The van der Waals surface area contributed by atoms with Crippen molar-refractivity contribution in [1.29, 1.82) is 0 Å². The lowest BCUT2D eigenvalue weighted by atomic mass is 10.1. The molecule has 1 N–H and O–H groups in total. The molecular weight excluding hydrogens is 500 g/mol. The van der Waals surface area contributed by atoms with Crippen LogP contribution in [-0.4, -0.2) is 28.9 Å². The number of rotatable bonds is 4. The first-order valence-corrected chi connectivity index (χ1v) is 10.9. The van der Waals surface area contributed by atoms with Gasteiger partial charge >= 0.3 is 0 Å². The number of carbonyl (C=O) groups excluding carboxylic acids is 2. The van der Waals surface area contributed by atoms with Crippen molar-refractivity contribution in [3.8, 4) is 5.75 Å². The van der Waals surface area contributed by atoms with E-state index in [-0.39, 0.29) is 10.7 Å². The van der Waals surface area contributed by atoms with Gasteiger partial charge in [-0.2, -0.15) is 0 Å². The van der Waals surface area contributed by atoms with E-state index in [1.165, 1.54) is 18.0 Å². The fourth-order valence-corrected chi connectivity index (χ4v) is 4.45. The van der Waals surface area contributed by atoms with Crippen molar-refractivity contribution >= 4 is 73.5 Å². The fraction of sp³-hybridized carbons (Fsp3) is 0.0870. The molecule has 3 aromatic carbocycles. The lowest BCUT2D eigenvalue weighted by Crippen LogP contribution is -2.52. The summed E-state index contributed by atoms with van der Waals surface area (Å²) in [7, 11) is 1.51. The Morgan fingerprint density at radius 2 is 1.90 bits per heavy atom. The third kappa shape index (κ3) is 4.35. The number of hydrogen-bond acceptors (Lipinski definition) is 4. The predicted octanol–water partition coefficient (Wildman–Crippen LogP) is 5.09. The summed E-state index contributed by atoms with van der Waals surface area (Å²) in [4.78, 5) is 25.8. The van der Waals surface area contributed by atoms with Crippen LogP contribution in [0.2, 0.25) is 5.02 Å². The smallest absolute Gasteiger partial charge is 0.265 e. The molecule has 1 aliphatic heterocycles. The molecule has 0 atom stereocenters. The van der Waals surface area contributed by atoms with Crippen LogP contribution in [0.5, 0.6) is 5.75 Å². The molecule has 1 saturated heterocycles. The summed E-state index contributed by atoms with van der Waals surface area (Å²) in [6.07, 6.45) is 1.47. The second-order valence-electron chi connectivity index (χ2n) is 6.92. The third-order valence-corrected chi connectivity index (χ3v) is 6.13. The monoisotopic (exact) mass is 514 g/mol. The van der Waals surface area contributed by atoms with E-state index in [1.807, 2.05) is 24.3 Å². The number of hydrogen-bond donors (Lipinski definition) is 1. The highest BCUT2D eigenvalue weighted by molar-refractivity contribution is 9.10. The van der Waals surface area contributed by atoms with Crippen LogP contribution >= 0.6 is 39.7 Å². The largest absolute Gasteiger partial charge is 0.486 e.